The predicted molar refractivity (Wildman–Crippen MR) is 73.9 cm³/mol. The zero-order chi connectivity index (χ0) is 14.8. The molecule has 0 unspecified atom stereocenters. The molecule has 0 bridgehead atoms. The molecule has 1 aliphatic heterocycles. The van der Waals surface area contributed by atoms with Crippen LogP contribution in [-0.2, 0) is 17.8 Å². The number of carbonyl (C=O) groups is 1. The average Bonchev–Trinajstić information content (AvgIpc) is 2.97. The van der Waals surface area contributed by atoms with Crippen LogP contribution in [0.4, 0.5) is 17.1 Å². The summed E-state index contributed by atoms with van der Waals surface area (Å²) in [5, 5.41) is 20.6. The Kier molecular flexibility index (Phi) is 3.27. The van der Waals surface area contributed by atoms with Crippen molar-refractivity contribution in [3.63, 3.8) is 0 Å². The lowest BCUT2D eigenvalue weighted by Gasteiger charge is -2.18. The monoisotopic (exact) mass is 288 g/mol. The molecule has 108 valence electrons. The lowest BCUT2D eigenvalue weighted by Crippen LogP contribution is -2.19. The van der Waals surface area contributed by atoms with Crippen molar-refractivity contribution >= 4 is 23.0 Å². The van der Waals surface area contributed by atoms with Crippen LogP contribution in [0, 0.1) is 10.1 Å². The molecule has 21 heavy (non-hydrogen) atoms. The average molecular weight is 288 g/mol. The Bertz CT molecular complexity index is 696. The van der Waals surface area contributed by atoms with Crippen molar-refractivity contribution < 1.29 is 14.2 Å². The standard InChI is InChI=1S/C13H12N4O4/c18-13-2-1-8-5-12(17(19)20)11(6-10(8)15-13)14-7-9-3-4-21-16-9/h3-6,14H,1-2,7H2,(H,15,18). The van der Waals surface area contributed by atoms with Crippen LogP contribution in [0.3, 0.4) is 0 Å². The summed E-state index contributed by atoms with van der Waals surface area (Å²) in [6.07, 6.45) is 2.28. The largest absolute Gasteiger partial charge is 0.374 e. The summed E-state index contributed by atoms with van der Waals surface area (Å²) < 4.78 is 4.70. The van der Waals surface area contributed by atoms with Crippen LogP contribution in [0.1, 0.15) is 17.7 Å². The van der Waals surface area contributed by atoms with Gasteiger partial charge in [0.1, 0.15) is 17.6 Å². The van der Waals surface area contributed by atoms with Gasteiger partial charge in [-0.2, -0.15) is 0 Å². The second kappa shape index (κ2) is 5.23. The maximum Gasteiger partial charge on any atom is 0.292 e. The number of aryl methyl sites for hydroxylation is 1. The minimum Gasteiger partial charge on any atom is -0.374 e. The molecule has 1 aromatic carbocycles. The van der Waals surface area contributed by atoms with Gasteiger partial charge in [0.05, 0.1) is 11.5 Å². The summed E-state index contributed by atoms with van der Waals surface area (Å²) in [5.74, 6) is -0.0844. The topological polar surface area (TPSA) is 110 Å². The number of hydrogen-bond acceptors (Lipinski definition) is 6. The van der Waals surface area contributed by atoms with Crippen molar-refractivity contribution in [1.29, 1.82) is 0 Å². The highest BCUT2D eigenvalue weighted by molar-refractivity contribution is 5.95. The van der Waals surface area contributed by atoms with Crippen molar-refractivity contribution in [2.24, 2.45) is 0 Å². The number of rotatable bonds is 4. The minimum absolute atomic E-state index is 0.0200. The zero-order valence-corrected chi connectivity index (χ0v) is 11.0. The van der Waals surface area contributed by atoms with Gasteiger partial charge in [-0.25, -0.2) is 0 Å². The maximum atomic E-state index is 11.4. The van der Waals surface area contributed by atoms with E-state index in [1.54, 1.807) is 12.1 Å². The van der Waals surface area contributed by atoms with Crippen LogP contribution in [0.2, 0.25) is 0 Å². The summed E-state index contributed by atoms with van der Waals surface area (Å²) in [4.78, 5) is 22.1. The molecule has 1 aliphatic rings. The van der Waals surface area contributed by atoms with Gasteiger partial charge < -0.3 is 15.2 Å². The van der Waals surface area contributed by atoms with Gasteiger partial charge in [-0.1, -0.05) is 5.16 Å². The van der Waals surface area contributed by atoms with Crippen molar-refractivity contribution in [1.82, 2.24) is 5.16 Å². The van der Waals surface area contributed by atoms with Crippen LogP contribution < -0.4 is 10.6 Å². The summed E-state index contributed by atoms with van der Waals surface area (Å²) >= 11 is 0. The Labute approximate surface area is 119 Å². The maximum absolute atomic E-state index is 11.4. The van der Waals surface area contributed by atoms with Gasteiger partial charge in [0.25, 0.3) is 5.69 Å². The number of fused-ring (bicyclic) bond motifs is 1. The molecule has 8 heteroatoms. The molecule has 1 amide bonds. The third-order valence-electron chi connectivity index (χ3n) is 3.26. The lowest BCUT2D eigenvalue weighted by molar-refractivity contribution is -0.384. The van der Waals surface area contributed by atoms with E-state index < -0.39 is 4.92 Å². The van der Waals surface area contributed by atoms with E-state index in [1.165, 1.54) is 12.3 Å². The number of amides is 1. The van der Waals surface area contributed by atoms with Crippen LogP contribution in [0.5, 0.6) is 0 Å². The number of nitro benzene ring substituents is 1. The van der Waals surface area contributed by atoms with E-state index in [0.717, 1.165) is 5.56 Å². The molecule has 0 spiro atoms. The van der Waals surface area contributed by atoms with Crippen LogP contribution in [0.25, 0.3) is 0 Å². The molecule has 3 rings (SSSR count). The van der Waals surface area contributed by atoms with E-state index in [-0.39, 0.29) is 11.6 Å². The van der Waals surface area contributed by atoms with Crippen molar-refractivity contribution in [2.45, 2.75) is 19.4 Å². The molecule has 0 fully saturated rings. The van der Waals surface area contributed by atoms with Gasteiger partial charge in [-0.05, 0) is 18.1 Å². The number of nitrogens with zero attached hydrogens (tertiary/aromatic N) is 2. The Balaban J connectivity index is 1.91. The lowest BCUT2D eigenvalue weighted by atomic mass is 10.0. The number of aromatic nitrogens is 1. The van der Waals surface area contributed by atoms with Gasteiger partial charge >= 0.3 is 0 Å². The summed E-state index contributed by atoms with van der Waals surface area (Å²) in [6, 6.07) is 4.75. The highest BCUT2D eigenvalue weighted by Crippen LogP contribution is 2.34. The first-order valence-corrected chi connectivity index (χ1v) is 6.38. The number of nitrogens with one attached hydrogen (secondary N) is 2. The Morgan fingerprint density at radius 3 is 3.00 bits per heavy atom. The molecule has 0 radical (unpaired) electrons. The summed E-state index contributed by atoms with van der Waals surface area (Å²) in [5.41, 5.74) is 2.33. The molecule has 2 N–H and O–H groups in total. The van der Waals surface area contributed by atoms with Crippen molar-refractivity contribution in [3.8, 4) is 0 Å². The highest BCUT2D eigenvalue weighted by atomic mass is 16.6. The minimum atomic E-state index is -0.443. The highest BCUT2D eigenvalue weighted by Gasteiger charge is 2.22. The van der Waals surface area contributed by atoms with E-state index in [0.29, 0.717) is 36.5 Å². The molecule has 8 nitrogen and oxygen atoms in total. The quantitative estimate of drug-likeness (QED) is 0.658. The smallest absolute Gasteiger partial charge is 0.292 e. The predicted octanol–water partition coefficient (Wildman–Crippen LogP) is 2.08. The van der Waals surface area contributed by atoms with E-state index in [4.69, 9.17) is 4.52 Å². The Hall–Kier alpha value is -2.90. The number of carbonyl (C=O) groups excluding carboxylic acids is 1. The third kappa shape index (κ3) is 2.69. The third-order valence-corrected chi connectivity index (χ3v) is 3.26. The molecule has 2 heterocycles. The van der Waals surface area contributed by atoms with Crippen LogP contribution in [-0.4, -0.2) is 16.0 Å². The molecule has 0 aliphatic carbocycles. The first-order chi connectivity index (χ1) is 10.1. The van der Waals surface area contributed by atoms with Crippen molar-refractivity contribution in [2.75, 3.05) is 10.6 Å². The van der Waals surface area contributed by atoms with E-state index in [2.05, 4.69) is 15.8 Å². The molecule has 0 atom stereocenters. The zero-order valence-electron chi connectivity index (χ0n) is 11.0. The molecule has 0 saturated heterocycles. The Morgan fingerprint density at radius 1 is 1.43 bits per heavy atom. The van der Waals surface area contributed by atoms with Crippen LogP contribution in [0.15, 0.2) is 29.0 Å². The SMILES string of the molecule is O=C1CCc2cc([N+](=O)[O-])c(NCc3ccon3)cc2N1. The number of benzene rings is 1. The van der Waals surface area contributed by atoms with E-state index in [1.807, 2.05) is 0 Å². The number of nitro groups is 1. The number of anilines is 2. The number of hydrogen-bond donors (Lipinski definition) is 2. The van der Waals surface area contributed by atoms with Gasteiger partial charge in [0.15, 0.2) is 0 Å². The molecule has 0 saturated carbocycles. The summed E-state index contributed by atoms with van der Waals surface area (Å²) in [6.45, 7) is 0.296. The second-order valence-electron chi connectivity index (χ2n) is 4.68. The van der Waals surface area contributed by atoms with Gasteiger partial charge in [0.2, 0.25) is 5.91 Å². The molecule has 1 aromatic heterocycles. The summed E-state index contributed by atoms with van der Waals surface area (Å²) in [7, 11) is 0. The first kappa shape index (κ1) is 13.1. The molecular formula is C13H12N4O4. The van der Waals surface area contributed by atoms with Gasteiger partial charge in [0, 0.05) is 24.2 Å². The molecular weight excluding hydrogens is 276 g/mol. The van der Waals surface area contributed by atoms with E-state index in [9.17, 15) is 14.9 Å². The van der Waals surface area contributed by atoms with Crippen LogP contribution >= 0.6 is 0 Å². The molecule has 2 aromatic rings. The fourth-order valence-electron chi connectivity index (χ4n) is 2.22. The van der Waals surface area contributed by atoms with Gasteiger partial charge in [-0.3, -0.25) is 14.9 Å². The van der Waals surface area contributed by atoms with Crippen molar-refractivity contribution in [3.05, 3.63) is 45.8 Å². The van der Waals surface area contributed by atoms with Gasteiger partial charge in [-0.15, -0.1) is 0 Å². The first-order valence-electron chi connectivity index (χ1n) is 6.38. The second-order valence-corrected chi connectivity index (χ2v) is 4.68. The normalized spacial score (nSPS) is 13.4. The Morgan fingerprint density at radius 2 is 2.29 bits per heavy atom. The fourth-order valence-corrected chi connectivity index (χ4v) is 2.22. The fraction of sp³-hybridized carbons (Fsp3) is 0.231. The van der Waals surface area contributed by atoms with E-state index >= 15 is 0 Å².